The molecular formula is C24H31ClN2O5S. The van der Waals surface area contributed by atoms with E-state index in [2.05, 4.69) is 11.6 Å². The highest BCUT2D eigenvalue weighted by Crippen LogP contribution is 2.39. The van der Waals surface area contributed by atoms with Gasteiger partial charge in [-0.1, -0.05) is 36.4 Å². The lowest BCUT2D eigenvalue weighted by atomic mass is 9.92. The van der Waals surface area contributed by atoms with Gasteiger partial charge in [0.25, 0.3) is 10.0 Å². The Hall–Kier alpha value is -2.13. The Morgan fingerprint density at radius 3 is 2.79 bits per heavy atom. The SMILES string of the molecule is C=C1/C(=C\C(Cl)=C/C)C(CCC(O)O)CN1S(=O)(=O)c1cccc(C2CCC(OC)=NC2)c1. The van der Waals surface area contributed by atoms with E-state index in [1.54, 1.807) is 44.4 Å². The highest BCUT2D eigenvalue weighted by atomic mass is 35.5. The first-order chi connectivity index (χ1) is 15.7. The van der Waals surface area contributed by atoms with Gasteiger partial charge in [0.05, 0.1) is 12.0 Å². The number of aliphatic hydroxyl groups excluding tert-OH is 1. The molecule has 2 unspecified atom stereocenters. The van der Waals surface area contributed by atoms with Crippen LogP contribution in [0.2, 0.25) is 0 Å². The van der Waals surface area contributed by atoms with Crippen molar-refractivity contribution in [2.45, 2.75) is 49.7 Å². The predicted octanol–water partition coefficient (Wildman–Crippen LogP) is 3.90. The number of ether oxygens (including phenoxy) is 1. The molecule has 2 heterocycles. The topological polar surface area (TPSA) is 99.4 Å². The van der Waals surface area contributed by atoms with Crippen LogP contribution in [0.1, 0.15) is 44.1 Å². The van der Waals surface area contributed by atoms with Crippen molar-refractivity contribution in [3.8, 4) is 0 Å². The van der Waals surface area contributed by atoms with E-state index in [0.717, 1.165) is 24.3 Å². The summed E-state index contributed by atoms with van der Waals surface area (Å²) in [7, 11) is -2.26. The van der Waals surface area contributed by atoms with Crippen LogP contribution in [0.25, 0.3) is 0 Å². The zero-order valence-electron chi connectivity index (χ0n) is 18.9. The maximum atomic E-state index is 13.6. The third-order valence-corrected chi connectivity index (χ3v) is 8.28. The monoisotopic (exact) mass is 494 g/mol. The number of hydrogen-bond donors (Lipinski definition) is 2. The highest BCUT2D eigenvalue weighted by Gasteiger charge is 2.38. The van der Waals surface area contributed by atoms with Gasteiger partial charge in [0.15, 0.2) is 12.2 Å². The van der Waals surface area contributed by atoms with Crippen LogP contribution in [0, 0.1) is 5.92 Å². The Morgan fingerprint density at radius 1 is 1.42 bits per heavy atom. The van der Waals surface area contributed by atoms with Crippen LogP contribution in [0.3, 0.4) is 0 Å². The second-order valence-corrected chi connectivity index (χ2v) is 10.6. The zero-order valence-corrected chi connectivity index (χ0v) is 20.5. The summed E-state index contributed by atoms with van der Waals surface area (Å²) in [5.74, 6) is 0.608. The fourth-order valence-electron chi connectivity index (χ4n) is 4.24. The van der Waals surface area contributed by atoms with Gasteiger partial charge in [-0.3, -0.25) is 9.30 Å². The molecule has 9 heteroatoms. The summed E-state index contributed by atoms with van der Waals surface area (Å²) in [5.41, 5.74) is 1.96. The van der Waals surface area contributed by atoms with E-state index in [1.165, 1.54) is 4.31 Å². The molecule has 1 aromatic carbocycles. The molecule has 1 saturated heterocycles. The molecule has 0 bridgehead atoms. The van der Waals surface area contributed by atoms with Crippen molar-refractivity contribution >= 4 is 27.5 Å². The standard InChI is InChI=1S/C24H31ClN2O5S/c1-4-20(25)13-22-16(2)27(15-19(22)9-11-24(28)29)33(30,31)21-7-5-6-17(12-21)18-8-10-23(32-3)26-14-18/h4-7,12-13,18-19,24,28-29H,2,8-11,14-15H2,1,3H3/b20-4+,22-13+. The summed E-state index contributed by atoms with van der Waals surface area (Å²) in [6, 6.07) is 6.99. The minimum atomic E-state index is -3.87. The smallest absolute Gasteiger partial charge is 0.264 e. The first-order valence-corrected chi connectivity index (χ1v) is 12.8. The number of allylic oxidation sites excluding steroid dienone is 4. The summed E-state index contributed by atoms with van der Waals surface area (Å²) in [4.78, 5) is 4.63. The summed E-state index contributed by atoms with van der Waals surface area (Å²) < 4.78 is 33.7. The van der Waals surface area contributed by atoms with Gasteiger partial charge >= 0.3 is 0 Å². The second kappa shape index (κ2) is 10.9. The van der Waals surface area contributed by atoms with E-state index in [9.17, 15) is 18.6 Å². The van der Waals surface area contributed by atoms with Crippen molar-refractivity contribution in [1.82, 2.24) is 4.31 Å². The molecule has 0 radical (unpaired) electrons. The van der Waals surface area contributed by atoms with Crippen LogP contribution in [-0.4, -0.2) is 55.3 Å². The Bertz CT molecular complexity index is 1080. The lowest BCUT2D eigenvalue weighted by Gasteiger charge is -2.23. The number of nitrogens with zero attached hydrogens (tertiary/aromatic N) is 2. The summed E-state index contributed by atoms with van der Waals surface area (Å²) in [6.07, 6.45) is 4.03. The van der Waals surface area contributed by atoms with Crippen LogP contribution < -0.4 is 0 Å². The number of aliphatic imine (C=N–C) groups is 1. The van der Waals surface area contributed by atoms with E-state index in [4.69, 9.17) is 16.3 Å². The largest absolute Gasteiger partial charge is 0.484 e. The van der Waals surface area contributed by atoms with Crippen LogP contribution in [0.4, 0.5) is 0 Å². The van der Waals surface area contributed by atoms with E-state index in [-0.39, 0.29) is 29.7 Å². The first-order valence-electron chi connectivity index (χ1n) is 11.0. The molecule has 2 N–H and O–H groups in total. The van der Waals surface area contributed by atoms with E-state index in [1.807, 2.05) is 6.07 Å². The lowest BCUT2D eigenvalue weighted by molar-refractivity contribution is -0.0479. The molecule has 0 spiro atoms. The number of sulfonamides is 1. The van der Waals surface area contributed by atoms with Crippen molar-refractivity contribution in [1.29, 1.82) is 0 Å². The normalized spacial score (nSPS) is 23.4. The summed E-state index contributed by atoms with van der Waals surface area (Å²) in [6.45, 7) is 6.55. The van der Waals surface area contributed by atoms with Gasteiger partial charge in [-0.2, -0.15) is 0 Å². The third-order valence-electron chi connectivity index (χ3n) is 6.15. The summed E-state index contributed by atoms with van der Waals surface area (Å²) >= 11 is 6.20. The van der Waals surface area contributed by atoms with Crippen LogP contribution in [-0.2, 0) is 14.8 Å². The summed E-state index contributed by atoms with van der Waals surface area (Å²) in [5, 5.41) is 19.1. The molecular weight excluding hydrogens is 464 g/mol. The molecule has 33 heavy (non-hydrogen) atoms. The molecule has 0 amide bonds. The predicted molar refractivity (Wildman–Crippen MR) is 129 cm³/mol. The van der Waals surface area contributed by atoms with Crippen molar-refractivity contribution in [3.05, 3.63) is 64.9 Å². The molecule has 1 fully saturated rings. The number of rotatable bonds is 7. The molecule has 2 atom stereocenters. The van der Waals surface area contributed by atoms with Crippen LogP contribution >= 0.6 is 11.6 Å². The Labute approximate surface area is 200 Å². The Morgan fingerprint density at radius 2 is 2.18 bits per heavy atom. The maximum Gasteiger partial charge on any atom is 0.264 e. The molecule has 3 rings (SSSR count). The van der Waals surface area contributed by atoms with Gasteiger partial charge in [0.2, 0.25) is 0 Å². The average molecular weight is 495 g/mol. The number of benzene rings is 1. The van der Waals surface area contributed by atoms with Gasteiger partial charge in [0, 0.05) is 42.1 Å². The van der Waals surface area contributed by atoms with Crippen LogP contribution in [0.15, 0.2) is 69.2 Å². The number of halogens is 1. The Balaban J connectivity index is 1.89. The first kappa shape index (κ1) is 25.5. The molecule has 0 aromatic heterocycles. The van der Waals surface area contributed by atoms with Crippen molar-refractivity contribution in [2.24, 2.45) is 10.9 Å². The van der Waals surface area contributed by atoms with Crippen LogP contribution in [0.5, 0.6) is 0 Å². The fraction of sp³-hybridized carbons (Fsp3) is 0.458. The highest BCUT2D eigenvalue weighted by molar-refractivity contribution is 7.89. The number of hydrogen-bond acceptors (Lipinski definition) is 6. The molecule has 2 aliphatic heterocycles. The van der Waals surface area contributed by atoms with E-state index < -0.39 is 16.3 Å². The van der Waals surface area contributed by atoms with Crippen molar-refractivity contribution < 1.29 is 23.4 Å². The van der Waals surface area contributed by atoms with Gasteiger partial charge < -0.3 is 14.9 Å². The van der Waals surface area contributed by atoms with Gasteiger partial charge in [-0.15, -0.1) is 0 Å². The average Bonchev–Trinajstić information content (AvgIpc) is 3.13. The van der Waals surface area contributed by atoms with Crippen molar-refractivity contribution in [3.63, 3.8) is 0 Å². The van der Waals surface area contributed by atoms with Crippen molar-refractivity contribution in [2.75, 3.05) is 20.2 Å². The number of methoxy groups -OCH3 is 1. The molecule has 0 aliphatic carbocycles. The third kappa shape index (κ3) is 5.87. The minimum Gasteiger partial charge on any atom is -0.484 e. The molecule has 1 aromatic rings. The van der Waals surface area contributed by atoms with Gasteiger partial charge in [0.1, 0.15) is 0 Å². The van der Waals surface area contributed by atoms with E-state index >= 15 is 0 Å². The zero-order chi connectivity index (χ0) is 24.2. The minimum absolute atomic E-state index is 0.123. The quantitative estimate of drug-likeness (QED) is 0.560. The molecule has 180 valence electrons. The lowest BCUT2D eigenvalue weighted by Crippen LogP contribution is -2.28. The van der Waals surface area contributed by atoms with E-state index in [0.29, 0.717) is 29.3 Å². The number of aliphatic hydroxyl groups is 2. The second-order valence-electron chi connectivity index (χ2n) is 8.26. The molecule has 7 nitrogen and oxygen atoms in total. The molecule has 2 aliphatic rings. The maximum absolute atomic E-state index is 13.6. The van der Waals surface area contributed by atoms with Gasteiger partial charge in [-0.05, 0) is 55.5 Å². The Kier molecular flexibility index (Phi) is 8.39. The molecule has 0 saturated carbocycles. The fourth-order valence-corrected chi connectivity index (χ4v) is 5.92. The van der Waals surface area contributed by atoms with Gasteiger partial charge in [-0.25, -0.2) is 8.42 Å².